The molecular weight excluding hydrogens is 280 g/mol. The normalized spacial score (nSPS) is 12.5. The summed E-state index contributed by atoms with van der Waals surface area (Å²) < 4.78 is 0. The molecule has 0 aliphatic carbocycles. The predicted molar refractivity (Wildman–Crippen MR) is 89.5 cm³/mol. The number of carboxylic acids is 1. The maximum Gasteiger partial charge on any atom is 0.303 e. The largest absolute Gasteiger partial charge is 0.481 e. The SMILES string of the molecule is CCC(O)(O)CC/C=C\C/C=C\CCCCCCCC(=O)O. The van der Waals surface area contributed by atoms with Crippen LogP contribution in [-0.4, -0.2) is 27.1 Å². The number of hydrogen-bond donors (Lipinski definition) is 3. The molecule has 0 saturated heterocycles. The number of aliphatic hydroxyl groups is 2. The molecule has 0 unspecified atom stereocenters. The molecule has 0 spiro atoms. The summed E-state index contributed by atoms with van der Waals surface area (Å²) in [6, 6.07) is 0. The molecule has 0 aliphatic heterocycles. The van der Waals surface area contributed by atoms with E-state index < -0.39 is 11.8 Å². The zero-order valence-electron chi connectivity index (χ0n) is 13.8. The minimum absolute atomic E-state index is 0.290. The molecule has 0 rings (SSSR count). The number of unbranched alkanes of at least 4 members (excludes halogenated alkanes) is 5. The van der Waals surface area contributed by atoms with E-state index in [-0.39, 0.29) is 6.42 Å². The van der Waals surface area contributed by atoms with Crippen LogP contribution in [-0.2, 0) is 4.79 Å². The summed E-state index contributed by atoms with van der Waals surface area (Å²) in [6.07, 6.45) is 17.2. The Morgan fingerprint density at radius 2 is 1.50 bits per heavy atom. The Morgan fingerprint density at radius 1 is 0.909 bits per heavy atom. The van der Waals surface area contributed by atoms with Gasteiger partial charge in [-0.2, -0.15) is 0 Å². The summed E-state index contributed by atoms with van der Waals surface area (Å²) in [5.41, 5.74) is 0. The molecule has 0 aromatic rings. The van der Waals surface area contributed by atoms with E-state index in [9.17, 15) is 15.0 Å². The van der Waals surface area contributed by atoms with Crippen molar-refractivity contribution < 1.29 is 20.1 Å². The minimum Gasteiger partial charge on any atom is -0.481 e. The highest BCUT2D eigenvalue weighted by Gasteiger charge is 2.17. The topological polar surface area (TPSA) is 77.8 Å². The van der Waals surface area contributed by atoms with Crippen molar-refractivity contribution in [2.75, 3.05) is 0 Å². The Morgan fingerprint density at radius 3 is 2.14 bits per heavy atom. The van der Waals surface area contributed by atoms with Gasteiger partial charge in [-0.25, -0.2) is 0 Å². The average Bonchev–Trinajstić information content (AvgIpc) is 2.47. The van der Waals surface area contributed by atoms with Crippen LogP contribution in [0.25, 0.3) is 0 Å². The van der Waals surface area contributed by atoms with Crippen LogP contribution in [0.1, 0.15) is 77.6 Å². The number of allylic oxidation sites excluding steroid dienone is 4. The van der Waals surface area contributed by atoms with E-state index in [1.54, 1.807) is 6.92 Å². The first-order valence-electron chi connectivity index (χ1n) is 8.44. The van der Waals surface area contributed by atoms with Crippen molar-refractivity contribution >= 4 is 5.97 Å². The summed E-state index contributed by atoms with van der Waals surface area (Å²) in [5, 5.41) is 27.3. The maximum absolute atomic E-state index is 10.3. The van der Waals surface area contributed by atoms with Crippen molar-refractivity contribution in [2.45, 2.75) is 83.3 Å². The van der Waals surface area contributed by atoms with Crippen molar-refractivity contribution in [1.29, 1.82) is 0 Å². The molecule has 0 bridgehead atoms. The fraction of sp³-hybridized carbons (Fsp3) is 0.722. The van der Waals surface area contributed by atoms with Crippen LogP contribution in [0.4, 0.5) is 0 Å². The maximum atomic E-state index is 10.3. The van der Waals surface area contributed by atoms with E-state index in [0.717, 1.165) is 44.9 Å². The van der Waals surface area contributed by atoms with Crippen LogP contribution in [0, 0.1) is 0 Å². The van der Waals surface area contributed by atoms with Gasteiger partial charge in [0.1, 0.15) is 0 Å². The van der Waals surface area contributed by atoms with Crippen LogP contribution >= 0.6 is 0 Å². The van der Waals surface area contributed by atoms with Gasteiger partial charge in [-0.05, 0) is 38.5 Å². The molecule has 4 nitrogen and oxygen atoms in total. The van der Waals surface area contributed by atoms with Crippen molar-refractivity contribution in [3.8, 4) is 0 Å². The van der Waals surface area contributed by atoms with Crippen molar-refractivity contribution in [1.82, 2.24) is 0 Å². The van der Waals surface area contributed by atoms with Crippen LogP contribution in [0.2, 0.25) is 0 Å². The predicted octanol–water partition coefficient (Wildman–Crippen LogP) is 4.18. The molecule has 0 aliphatic rings. The first kappa shape index (κ1) is 20.9. The summed E-state index contributed by atoms with van der Waals surface area (Å²) in [6.45, 7) is 1.76. The molecule has 22 heavy (non-hydrogen) atoms. The van der Waals surface area contributed by atoms with Crippen molar-refractivity contribution in [2.24, 2.45) is 0 Å². The summed E-state index contributed by atoms with van der Waals surface area (Å²) in [5.74, 6) is -2.22. The molecule has 0 atom stereocenters. The molecule has 3 N–H and O–H groups in total. The number of hydrogen-bond acceptors (Lipinski definition) is 3. The lowest BCUT2D eigenvalue weighted by molar-refractivity contribution is -0.166. The van der Waals surface area contributed by atoms with Gasteiger partial charge in [0.15, 0.2) is 5.79 Å². The van der Waals surface area contributed by atoms with Gasteiger partial charge in [-0.15, -0.1) is 0 Å². The first-order valence-corrected chi connectivity index (χ1v) is 8.44. The molecule has 0 saturated carbocycles. The quantitative estimate of drug-likeness (QED) is 0.255. The third kappa shape index (κ3) is 15.3. The number of carbonyl (C=O) groups is 1. The zero-order chi connectivity index (χ0) is 16.7. The summed E-state index contributed by atoms with van der Waals surface area (Å²) in [7, 11) is 0. The Hall–Kier alpha value is -1.13. The Kier molecular flexibility index (Phi) is 12.8. The third-order valence-electron chi connectivity index (χ3n) is 3.64. The van der Waals surface area contributed by atoms with Gasteiger partial charge in [-0.1, -0.05) is 50.5 Å². The number of rotatable bonds is 14. The summed E-state index contributed by atoms with van der Waals surface area (Å²) >= 11 is 0. The molecule has 0 heterocycles. The second-order valence-electron chi connectivity index (χ2n) is 5.75. The molecule has 4 heteroatoms. The Bertz CT molecular complexity index is 332. The van der Waals surface area contributed by atoms with E-state index in [1.807, 2.05) is 12.2 Å². The van der Waals surface area contributed by atoms with Gasteiger partial charge >= 0.3 is 5.97 Å². The monoisotopic (exact) mass is 312 g/mol. The second-order valence-corrected chi connectivity index (χ2v) is 5.75. The number of carboxylic acid groups (broad SMARTS) is 1. The van der Waals surface area contributed by atoms with Crippen LogP contribution < -0.4 is 0 Å². The van der Waals surface area contributed by atoms with Crippen molar-refractivity contribution in [3.05, 3.63) is 24.3 Å². The minimum atomic E-state index is -1.52. The smallest absolute Gasteiger partial charge is 0.303 e. The van der Waals surface area contributed by atoms with E-state index in [2.05, 4.69) is 12.2 Å². The lowest BCUT2D eigenvalue weighted by Crippen LogP contribution is -2.26. The molecule has 0 aromatic heterocycles. The van der Waals surface area contributed by atoms with Gasteiger partial charge in [0, 0.05) is 12.8 Å². The van der Waals surface area contributed by atoms with Gasteiger partial charge in [0.2, 0.25) is 0 Å². The zero-order valence-corrected chi connectivity index (χ0v) is 13.8. The van der Waals surface area contributed by atoms with E-state index >= 15 is 0 Å². The molecule has 0 fully saturated rings. The highest BCUT2D eigenvalue weighted by molar-refractivity contribution is 5.66. The van der Waals surface area contributed by atoms with Crippen LogP contribution in [0.5, 0.6) is 0 Å². The second kappa shape index (κ2) is 13.5. The standard InChI is InChI=1S/C18H32O4/c1-2-18(21,22)16-14-12-10-8-6-4-3-5-7-9-11-13-15-17(19)20/h4,6,10,12,21-22H,2-3,5,7-9,11,13-16H2,1H3,(H,19,20)/b6-4-,12-10-. The average molecular weight is 312 g/mol. The third-order valence-corrected chi connectivity index (χ3v) is 3.64. The highest BCUT2D eigenvalue weighted by atomic mass is 16.5. The first-order chi connectivity index (χ1) is 10.5. The molecular formula is C18H32O4. The van der Waals surface area contributed by atoms with E-state index in [0.29, 0.717) is 19.3 Å². The molecule has 128 valence electrons. The van der Waals surface area contributed by atoms with E-state index in [4.69, 9.17) is 5.11 Å². The molecule has 0 radical (unpaired) electrons. The van der Waals surface area contributed by atoms with Crippen LogP contribution in [0.15, 0.2) is 24.3 Å². The van der Waals surface area contributed by atoms with Gasteiger partial charge in [0.25, 0.3) is 0 Å². The Labute approximate surface area is 134 Å². The lowest BCUT2D eigenvalue weighted by atomic mass is 10.1. The molecule has 0 amide bonds. The van der Waals surface area contributed by atoms with E-state index in [1.165, 1.54) is 0 Å². The Balaban J connectivity index is 3.35. The lowest BCUT2D eigenvalue weighted by Gasteiger charge is -2.18. The summed E-state index contributed by atoms with van der Waals surface area (Å²) in [4.78, 5) is 10.3. The van der Waals surface area contributed by atoms with Crippen LogP contribution in [0.3, 0.4) is 0 Å². The van der Waals surface area contributed by atoms with Gasteiger partial charge in [-0.3, -0.25) is 4.79 Å². The molecule has 0 aromatic carbocycles. The fourth-order valence-electron chi connectivity index (χ4n) is 2.07. The van der Waals surface area contributed by atoms with Gasteiger partial charge in [0.05, 0.1) is 0 Å². The fourth-order valence-corrected chi connectivity index (χ4v) is 2.07. The highest BCUT2D eigenvalue weighted by Crippen LogP contribution is 2.13. The van der Waals surface area contributed by atoms with Crippen molar-refractivity contribution in [3.63, 3.8) is 0 Å². The van der Waals surface area contributed by atoms with Gasteiger partial charge < -0.3 is 15.3 Å². The number of aliphatic carboxylic acids is 1.